The summed E-state index contributed by atoms with van der Waals surface area (Å²) in [4.78, 5) is 27.0. The summed E-state index contributed by atoms with van der Waals surface area (Å²) in [7, 11) is -0.986. The van der Waals surface area contributed by atoms with Gasteiger partial charge in [-0.1, -0.05) is 41.9 Å². The fourth-order valence-corrected chi connectivity index (χ4v) is 4.24. The third-order valence-electron chi connectivity index (χ3n) is 4.99. The highest BCUT2D eigenvalue weighted by Gasteiger charge is 2.30. The van der Waals surface area contributed by atoms with E-state index in [9.17, 15) is 18.0 Å². The van der Waals surface area contributed by atoms with Crippen molar-refractivity contribution < 1.29 is 22.7 Å². The molecular formula is C22H28ClN3O5S. The number of nitrogens with zero attached hydrogens (tertiary/aromatic N) is 2. The van der Waals surface area contributed by atoms with Crippen LogP contribution in [0.2, 0.25) is 5.02 Å². The standard InChI is InChI=1S/C22H28ClN3O5S/c1-16(22(28)24-2)25(13-12-17-8-6-5-7-9-17)21(27)15-26(32(4,29)30)19-14-18(23)10-11-20(19)31-3/h5-11,14,16H,12-13,15H2,1-4H3,(H,24,28)/t16-/m0/s1. The van der Waals surface area contributed by atoms with E-state index in [0.29, 0.717) is 11.4 Å². The number of benzene rings is 2. The minimum atomic E-state index is -3.87. The van der Waals surface area contributed by atoms with Crippen LogP contribution in [0, 0.1) is 0 Å². The Kier molecular flexibility index (Phi) is 8.91. The SMILES string of the molecule is CNC(=O)[C@H](C)N(CCc1ccccc1)C(=O)CN(c1cc(Cl)ccc1OC)S(C)(=O)=O. The summed E-state index contributed by atoms with van der Waals surface area (Å²) >= 11 is 6.07. The van der Waals surface area contributed by atoms with E-state index in [1.54, 1.807) is 13.0 Å². The quantitative estimate of drug-likeness (QED) is 0.561. The van der Waals surface area contributed by atoms with Gasteiger partial charge in [0.05, 0.1) is 19.1 Å². The van der Waals surface area contributed by atoms with Gasteiger partial charge in [-0.25, -0.2) is 8.42 Å². The van der Waals surface area contributed by atoms with E-state index in [1.165, 1.54) is 31.2 Å². The molecule has 0 aromatic heterocycles. The summed E-state index contributed by atoms with van der Waals surface area (Å²) in [5.74, 6) is -0.620. The van der Waals surface area contributed by atoms with Gasteiger partial charge in [-0.2, -0.15) is 0 Å². The van der Waals surface area contributed by atoms with Crippen LogP contribution in [-0.4, -0.2) is 64.7 Å². The predicted octanol–water partition coefficient (Wildman–Crippen LogP) is 2.32. The molecular weight excluding hydrogens is 454 g/mol. The zero-order valence-corrected chi connectivity index (χ0v) is 20.1. The number of carbonyl (C=O) groups excluding carboxylic acids is 2. The molecule has 0 aliphatic carbocycles. The third-order valence-corrected chi connectivity index (χ3v) is 6.35. The molecule has 2 aromatic rings. The molecule has 0 fully saturated rings. The number of rotatable bonds is 10. The van der Waals surface area contributed by atoms with E-state index in [2.05, 4.69) is 5.32 Å². The summed E-state index contributed by atoms with van der Waals surface area (Å²) in [5.41, 5.74) is 1.14. The van der Waals surface area contributed by atoms with E-state index in [-0.39, 0.29) is 23.9 Å². The lowest BCUT2D eigenvalue weighted by Crippen LogP contribution is -2.51. The van der Waals surface area contributed by atoms with Crippen LogP contribution in [0.5, 0.6) is 5.75 Å². The molecule has 2 aromatic carbocycles. The number of hydrogen-bond donors (Lipinski definition) is 1. The first-order valence-corrected chi connectivity index (χ1v) is 12.2. The van der Waals surface area contributed by atoms with Gasteiger partial charge in [-0.15, -0.1) is 0 Å². The molecule has 0 heterocycles. The van der Waals surface area contributed by atoms with Crippen molar-refractivity contribution in [1.82, 2.24) is 10.2 Å². The molecule has 0 radical (unpaired) electrons. The van der Waals surface area contributed by atoms with Crippen molar-refractivity contribution in [3.05, 3.63) is 59.1 Å². The average Bonchev–Trinajstić information content (AvgIpc) is 2.76. The van der Waals surface area contributed by atoms with Gasteiger partial charge in [0.15, 0.2) is 0 Å². The second kappa shape index (κ2) is 11.2. The van der Waals surface area contributed by atoms with Gasteiger partial charge in [-0.05, 0) is 37.1 Å². The number of nitrogens with one attached hydrogen (secondary N) is 1. The van der Waals surface area contributed by atoms with Crippen molar-refractivity contribution in [3.63, 3.8) is 0 Å². The van der Waals surface area contributed by atoms with Crippen LogP contribution in [0.25, 0.3) is 0 Å². The molecule has 0 saturated heterocycles. The molecule has 174 valence electrons. The smallest absolute Gasteiger partial charge is 0.244 e. The highest BCUT2D eigenvalue weighted by Crippen LogP contribution is 2.32. The van der Waals surface area contributed by atoms with E-state index in [1.807, 2.05) is 30.3 Å². The molecule has 0 spiro atoms. The van der Waals surface area contributed by atoms with E-state index >= 15 is 0 Å². The Balaban J connectivity index is 2.37. The first-order valence-electron chi connectivity index (χ1n) is 9.94. The molecule has 1 N–H and O–H groups in total. The lowest BCUT2D eigenvalue weighted by molar-refractivity contribution is -0.138. The van der Waals surface area contributed by atoms with Crippen LogP contribution in [-0.2, 0) is 26.0 Å². The van der Waals surface area contributed by atoms with Gasteiger partial charge in [0, 0.05) is 18.6 Å². The summed E-state index contributed by atoms with van der Waals surface area (Å²) in [6.45, 7) is 1.33. The molecule has 1 atom stereocenters. The number of anilines is 1. The Hall–Kier alpha value is -2.78. The van der Waals surface area contributed by atoms with E-state index < -0.39 is 28.5 Å². The topological polar surface area (TPSA) is 96.0 Å². The number of ether oxygens (including phenoxy) is 1. The Morgan fingerprint density at radius 3 is 2.38 bits per heavy atom. The second-order valence-corrected chi connectivity index (χ2v) is 9.54. The highest BCUT2D eigenvalue weighted by atomic mass is 35.5. The molecule has 0 aliphatic heterocycles. The van der Waals surface area contributed by atoms with Crippen LogP contribution in [0.1, 0.15) is 12.5 Å². The molecule has 0 saturated carbocycles. The van der Waals surface area contributed by atoms with Gasteiger partial charge in [0.25, 0.3) is 0 Å². The largest absolute Gasteiger partial charge is 0.495 e. The fourth-order valence-electron chi connectivity index (χ4n) is 3.23. The van der Waals surface area contributed by atoms with E-state index in [4.69, 9.17) is 16.3 Å². The molecule has 0 unspecified atom stereocenters. The van der Waals surface area contributed by atoms with Crippen LogP contribution < -0.4 is 14.4 Å². The van der Waals surface area contributed by atoms with Crippen LogP contribution >= 0.6 is 11.6 Å². The van der Waals surface area contributed by atoms with Gasteiger partial charge >= 0.3 is 0 Å². The first-order chi connectivity index (χ1) is 15.1. The lowest BCUT2D eigenvalue weighted by Gasteiger charge is -2.31. The van der Waals surface area contributed by atoms with Crippen LogP contribution in [0.4, 0.5) is 5.69 Å². The van der Waals surface area contributed by atoms with Gasteiger partial charge in [0.2, 0.25) is 21.8 Å². The summed E-state index contributed by atoms with van der Waals surface area (Å²) in [5, 5.41) is 2.83. The van der Waals surface area contributed by atoms with Crippen LogP contribution in [0.15, 0.2) is 48.5 Å². The Bertz CT molecular complexity index is 1050. The first kappa shape index (κ1) is 25.5. The minimum Gasteiger partial charge on any atom is -0.495 e. The summed E-state index contributed by atoms with van der Waals surface area (Å²) < 4.78 is 31.4. The maximum absolute atomic E-state index is 13.3. The maximum Gasteiger partial charge on any atom is 0.244 e. The number of amides is 2. The number of sulfonamides is 1. The summed E-state index contributed by atoms with van der Waals surface area (Å²) in [6.07, 6.45) is 1.50. The number of hydrogen-bond acceptors (Lipinski definition) is 5. The second-order valence-electron chi connectivity index (χ2n) is 7.20. The zero-order chi connectivity index (χ0) is 23.9. The van der Waals surface area contributed by atoms with Crippen molar-refractivity contribution in [3.8, 4) is 5.75 Å². The molecule has 32 heavy (non-hydrogen) atoms. The van der Waals surface area contributed by atoms with Gasteiger partial charge in [-0.3, -0.25) is 13.9 Å². The Labute approximate surface area is 194 Å². The predicted molar refractivity (Wildman–Crippen MR) is 126 cm³/mol. The maximum atomic E-state index is 13.3. The van der Waals surface area contributed by atoms with Crippen molar-refractivity contribution in [2.24, 2.45) is 0 Å². The van der Waals surface area contributed by atoms with E-state index in [0.717, 1.165) is 16.1 Å². The van der Waals surface area contributed by atoms with Gasteiger partial charge in [0.1, 0.15) is 18.3 Å². The lowest BCUT2D eigenvalue weighted by atomic mass is 10.1. The monoisotopic (exact) mass is 481 g/mol. The number of methoxy groups -OCH3 is 1. The zero-order valence-electron chi connectivity index (χ0n) is 18.5. The number of carbonyl (C=O) groups is 2. The molecule has 8 nitrogen and oxygen atoms in total. The number of halogens is 1. The molecule has 10 heteroatoms. The molecule has 0 bridgehead atoms. The van der Waals surface area contributed by atoms with Crippen molar-refractivity contribution >= 4 is 39.1 Å². The van der Waals surface area contributed by atoms with Crippen molar-refractivity contribution in [2.45, 2.75) is 19.4 Å². The highest BCUT2D eigenvalue weighted by molar-refractivity contribution is 7.92. The third kappa shape index (κ3) is 6.61. The van der Waals surface area contributed by atoms with Crippen LogP contribution in [0.3, 0.4) is 0 Å². The fraction of sp³-hybridized carbons (Fsp3) is 0.364. The number of likely N-dealkylation sites (N-methyl/N-ethyl adjacent to an activating group) is 1. The molecule has 0 aliphatic rings. The molecule has 2 rings (SSSR count). The Morgan fingerprint density at radius 2 is 1.81 bits per heavy atom. The minimum absolute atomic E-state index is 0.145. The van der Waals surface area contributed by atoms with Crippen molar-refractivity contribution in [1.29, 1.82) is 0 Å². The average molecular weight is 482 g/mol. The van der Waals surface area contributed by atoms with Gasteiger partial charge < -0.3 is 15.0 Å². The Morgan fingerprint density at radius 1 is 1.16 bits per heavy atom. The molecule has 2 amide bonds. The van der Waals surface area contributed by atoms with Crippen molar-refractivity contribution in [2.75, 3.05) is 37.8 Å². The normalized spacial score (nSPS) is 12.0. The summed E-state index contributed by atoms with van der Waals surface area (Å²) in [6, 6.07) is 13.2.